The second kappa shape index (κ2) is 8.48. The molecule has 0 amide bonds. The lowest BCUT2D eigenvalue weighted by Gasteiger charge is -2.58. The Morgan fingerprint density at radius 3 is 2.65 bits per heavy atom. The van der Waals surface area contributed by atoms with Crippen molar-refractivity contribution in [2.75, 3.05) is 37.6 Å². The number of hydrogen-bond acceptors (Lipinski definition) is 4. The van der Waals surface area contributed by atoms with Crippen molar-refractivity contribution >= 4 is 5.82 Å². The van der Waals surface area contributed by atoms with Gasteiger partial charge in [0.15, 0.2) is 0 Å². The molecule has 1 aromatic heterocycles. The van der Waals surface area contributed by atoms with Gasteiger partial charge >= 0.3 is 0 Å². The van der Waals surface area contributed by atoms with Crippen molar-refractivity contribution in [1.82, 2.24) is 9.88 Å². The summed E-state index contributed by atoms with van der Waals surface area (Å²) in [5.41, 5.74) is 1.56. The number of pyridine rings is 1. The molecule has 34 heavy (non-hydrogen) atoms. The fraction of sp³-hybridized carbons (Fsp3) is 0.700. The third-order valence-electron chi connectivity index (χ3n) is 11.1. The van der Waals surface area contributed by atoms with E-state index in [1.54, 1.807) is 5.57 Å². The van der Waals surface area contributed by atoms with Crippen LogP contribution in [-0.4, -0.2) is 53.3 Å². The van der Waals surface area contributed by atoms with E-state index in [9.17, 15) is 5.11 Å². The average Bonchev–Trinajstić information content (AvgIpc) is 3.14. The van der Waals surface area contributed by atoms with Crippen LogP contribution in [0.15, 0.2) is 48.2 Å². The van der Waals surface area contributed by atoms with Gasteiger partial charge in [0.2, 0.25) is 0 Å². The molecule has 6 atom stereocenters. The number of fused-ring (bicyclic) bond motifs is 5. The van der Waals surface area contributed by atoms with Crippen molar-refractivity contribution in [3.05, 3.63) is 48.2 Å². The summed E-state index contributed by atoms with van der Waals surface area (Å²) < 4.78 is 0. The summed E-state index contributed by atoms with van der Waals surface area (Å²) in [5.74, 6) is 3.32. The van der Waals surface area contributed by atoms with Gasteiger partial charge in [0.1, 0.15) is 5.82 Å². The van der Waals surface area contributed by atoms with Crippen LogP contribution in [0.1, 0.15) is 65.2 Å². The van der Waals surface area contributed by atoms with E-state index in [4.69, 9.17) is 0 Å². The summed E-state index contributed by atoms with van der Waals surface area (Å²) in [4.78, 5) is 9.49. The van der Waals surface area contributed by atoms with E-state index in [1.165, 1.54) is 32.1 Å². The van der Waals surface area contributed by atoms with Crippen LogP contribution in [0.5, 0.6) is 0 Å². The van der Waals surface area contributed by atoms with E-state index >= 15 is 0 Å². The molecule has 0 aromatic carbocycles. The molecule has 1 aromatic rings. The quantitative estimate of drug-likeness (QED) is 0.605. The first-order chi connectivity index (χ1) is 16.4. The van der Waals surface area contributed by atoms with Crippen LogP contribution < -0.4 is 4.90 Å². The number of aromatic nitrogens is 1. The molecule has 6 rings (SSSR count). The first-order valence-electron chi connectivity index (χ1n) is 13.9. The summed E-state index contributed by atoms with van der Waals surface area (Å²) in [6.45, 7) is 10.2. The zero-order chi connectivity index (χ0) is 23.4. The number of nitrogens with zero attached hydrogens (tertiary/aromatic N) is 3. The third-order valence-corrected chi connectivity index (χ3v) is 11.1. The summed E-state index contributed by atoms with van der Waals surface area (Å²) >= 11 is 0. The lowest BCUT2D eigenvalue weighted by atomic mass is 9.47. The third kappa shape index (κ3) is 3.51. The second-order valence-electron chi connectivity index (χ2n) is 12.4. The zero-order valence-electron chi connectivity index (χ0n) is 21.3. The molecule has 0 radical (unpaired) electrons. The van der Waals surface area contributed by atoms with Crippen LogP contribution >= 0.6 is 0 Å². The van der Waals surface area contributed by atoms with Crippen molar-refractivity contribution in [3.8, 4) is 0 Å². The van der Waals surface area contributed by atoms with Crippen molar-refractivity contribution in [2.45, 2.75) is 70.8 Å². The number of piperazine rings is 1. The molecular formula is C30H43N3O. The molecule has 4 fully saturated rings. The Hall–Kier alpha value is -1.65. The maximum Gasteiger partial charge on any atom is 0.128 e. The molecule has 2 heterocycles. The van der Waals surface area contributed by atoms with Gasteiger partial charge in [0, 0.05) is 44.3 Å². The summed E-state index contributed by atoms with van der Waals surface area (Å²) in [5, 5.41) is 12.1. The van der Waals surface area contributed by atoms with Gasteiger partial charge in [-0.3, -0.25) is 4.90 Å². The Labute approximate surface area is 206 Å². The highest BCUT2D eigenvalue weighted by atomic mass is 16.3. The number of anilines is 1. The molecular weight excluding hydrogens is 418 g/mol. The van der Waals surface area contributed by atoms with Gasteiger partial charge in [0.25, 0.3) is 0 Å². The summed E-state index contributed by atoms with van der Waals surface area (Å²) in [7, 11) is 0. The highest BCUT2D eigenvalue weighted by Crippen LogP contribution is 2.67. The van der Waals surface area contributed by atoms with E-state index in [0.29, 0.717) is 5.92 Å². The molecule has 1 N–H and O–H groups in total. The lowest BCUT2D eigenvalue weighted by molar-refractivity contribution is -0.127. The lowest BCUT2D eigenvalue weighted by Crippen LogP contribution is -2.55. The maximum atomic E-state index is 12.1. The van der Waals surface area contributed by atoms with Crippen LogP contribution in [0.4, 0.5) is 5.82 Å². The second-order valence-corrected chi connectivity index (χ2v) is 12.4. The highest BCUT2D eigenvalue weighted by molar-refractivity contribution is 5.38. The molecule has 0 bridgehead atoms. The largest absolute Gasteiger partial charge is 0.389 e. The number of rotatable bonds is 4. The van der Waals surface area contributed by atoms with Crippen LogP contribution in [0.25, 0.3) is 0 Å². The minimum Gasteiger partial charge on any atom is -0.389 e. The smallest absolute Gasteiger partial charge is 0.128 e. The Morgan fingerprint density at radius 2 is 1.85 bits per heavy atom. The number of aliphatic hydroxyl groups is 1. The first kappa shape index (κ1) is 22.8. The summed E-state index contributed by atoms with van der Waals surface area (Å²) in [6, 6.07) is 6.17. The number of allylic oxidation sites excluding steroid dienone is 4. The topological polar surface area (TPSA) is 39.6 Å². The van der Waals surface area contributed by atoms with Crippen LogP contribution in [0.3, 0.4) is 0 Å². The molecule has 4 aliphatic carbocycles. The van der Waals surface area contributed by atoms with Gasteiger partial charge in [-0.2, -0.15) is 0 Å². The van der Waals surface area contributed by atoms with Gasteiger partial charge in [-0.1, -0.05) is 43.7 Å². The molecule has 5 aliphatic rings. The fourth-order valence-corrected chi connectivity index (χ4v) is 8.95. The van der Waals surface area contributed by atoms with E-state index in [2.05, 4.69) is 59.0 Å². The van der Waals surface area contributed by atoms with Crippen molar-refractivity contribution in [3.63, 3.8) is 0 Å². The predicted molar refractivity (Wildman–Crippen MR) is 139 cm³/mol. The predicted octanol–water partition coefficient (Wildman–Crippen LogP) is 5.45. The Kier molecular flexibility index (Phi) is 5.69. The minimum atomic E-state index is -0.500. The number of hydrogen-bond donors (Lipinski definition) is 1. The standard InChI is InChI=1S/C30H43N3O/c1-28-13-5-3-7-23(28)9-10-24-25(28)11-14-29(2)26(24)12-15-30(29,34)16-18-32-19-21-33(22-20-32)27-8-4-6-17-31-27/h4-8,13,17,24-26,34H,3,9-12,14-16,18-22H2,1-2H3/t24-,25+,26+,28+,29+,30+/m1/s1. The van der Waals surface area contributed by atoms with E-state index in [0.717, 1.165) is 69.6 Å². The van der Waals surface area contributed by atoms with Gasteiger partial charge in [0.05, 0.1) is 5.60 Å². The molecule has 4 nitrogen and oxygen atoms in total. The van der Waals surface area contributed by atoms with Crippen LogP contribution in [0.2, 0.25) is 0 Å². The molecule has 1 aliphatic heterocycles. The van der Waals surface area contributed by atoms with Crippen molar-refractivity contribution in [2.24, 2.45) is 28.6 Å². The van der Waals surface area contributed by atoms with Gasteiger partial charge < -0.3 is 10.0 Å². The molecule has 1 saturated heterocycles. The van der Waals surface area contributed by atoms with Crippen LogP contribution in [-0.2, 0) is 0 Å². The SMILES string of the molecule is C[C@]12C=CCC=C1CC[C@@H]1[C@@H]2CC[C@@]2(C)[C@H]1CC[C@]2(O)CCN1CCN(c2ccccn2)CC1. The van der Waals surface area contributed by atoms with Crippen molar-refractivity contribution < 1.29 is 5.11 Å². The van der Waals surface area contributed by atoms with E-state index in [-0.39, 0.29) is 10.8 Å². The first-order valence-corrected chi connectivity index (χ1v) is 13.9. The summed E-state index contributed by atoms with van der Waals surface area (Å²) in [6.07, 6.45) is 18.7. The molecule has 0 unspecified atom stereocenters. The van der Waals surface area contributed by atoms with E-state index < -0.39 is 5.60 Å². The molecule has 184 valence electrons. The van der Waals surface area contributed by atoms with E-state index in [1.807, 2.05) is 12.3 Å². The Bertz CT molecular complexity index is 951. The highest BCUT2D eigenvalue weighted by Gasteiger charge is 2.63. The molecule has 4 heteroatoms. The van der Waals surface area contributed by atoms with Gasteiger partial charge in [-0.15, -0.1) is 0 Å². The van der Waals surface area contributed by atoms with Crippen molar-refractivity contribution in [1.29, 1.82) is 0 Å². The Balaban J connectivity index is 1.10. The zero-order valence-corrected chi connectivity index (χ0v) is 21.3. The Morgan fingerprint density at radius 1 is 1.03 bits per heavy atom. The fourth-order valence-electron chi connectivity index (χ4n) is 8.95. The van der Waals surface area contributed by atoms with Gasteiger partial charge in [-0.25, -0.2) is 4.98 Å². The molecule has 0 spiro atoms. The monoisotopic (exact) mass is 461 g/mol. The molecule has 3 saturated carbocycles. The maximum absolute atomic E-state index is 12.1. The van der Waals surface area contributed by atoms with Crippen LogP contribution in [0, 0.1) is 28.6 Å². The minimum absolute atomic E-state index is 0.0832. The van der Waals surface area contributed by atoms with Gasteiger partial charge in [-0.05, 0) is 86.7 Å². The normalized spacial score (nSPS) is 42.0. The average molecular weight is 462 g/mol.